The lowest BCUT2D eigenvalue weighted by molar-refractivity contribution is -0.130. The topological polar surface area (TPSA) is 78.4 Å². The molecule has 1 heterocycles. The number of benzene rings is 1. The summed E-state index contributed by atoms with van der Waals surface area (Å²) in [6.07, 6.45) is 10.8. The van der Waals surface area contributed by atoms with Crippen molar-refractivity contribution in [2.45, 2.75) is 70.4 Å². The standard InChI is InChI=1S/C22H32N2O3/c1-2-23-22(27)20(25)19-16-10-8-6-4-3-5-7-9-13-17-14-11-12-15-18(17)21(26)24-19/h8,10-12,14-15,19-20,25H,2-7,9,13,16H2,1H3,(H,23,27)(H,24,26)/b10-8+/t19-,20?/m0/s1. The summed E-state index contributed by atoms with van der Waals surface area (Å²) in [5.41, 5.74) is 1.65. The molecule has 5 nitrogen and oxygen atoms in total. The van der Waals surface area contributed by atoms with Crippen LogP contribution in [0, 0.1) is 0 Å². The average molecular weight is 373 g/mol. The summed E-state index contributed by atoms with van der Waals surface area (Å²) in [5, 5.41) is 15.9. The van der Waals surface area contributed by atoms with E-state index in [-0.39, 0.29) is 5.91 Å². The summed E-state index contributed by atoms with van der Waals surface area (Å²) < 4.78 is 0. The van der Waals surface area contributed by atoms with Crippen LogP contribution in [0.1, 0.15) is 67.8 Å². The van der Waals surface area contributed by atoms with E-state index in [4.69, 9.17) is 0 Å². The van der Waals surface area contributed by atoms with E-state index in [9.17, 15) is 14.7 Å². The Balaban J connectivity index is 2.21. The number of nitrogens with one attached hydrogen (secondary N) is 2. The third-order valence-corrected chi connectivity index (χ3v) is 4.95. The van der Waals surface area contributed by atoms with E-state index in [2.05, 4.69) is 16.7 Å². The second-order valence-corrected chi connectivity index (χ2v) is 7.09. The lowest BCUT2D eigenvalue weighted by atomic mass is 9.99. The largest absolute Gasteiger partial charge is 0.381 e. The molecular formula is C22H32N2O3. The normalized spacial score (nSPS) is 21.7. The Morgan fingerprint density at radius 3 is 2.74 bits per heavy atom. The van der Waals surface area contributed by atoms with Crippen LogP contribution in [0.4, 0.5) is 0 Å². The molecule has 2 rings (SSSR count). The quantitative estimate of drug-likeness (QED) is 0.713. The van der Waals surface area contributed by atoms with Gasteiger partial charge in [-0.05, 0) is 50.7 Å². The van der Waals surface area contributed by atoms with Crippen LogP contribution in [-0.4, -0.2) is 35.6 Å². The molecule has 1 aromatic carbocycles. The lowest BCUT2D eigenvalue weighted by Gasteiger charge is -2.23. The van der Waals surface area contributed by atoms with Gasteiger partial charge in [-0.25, -0.2) is 0 Å². The zero-order valence-corrected chi connectivity index (χ0v) is 16.2. The van der Waals surface area contributed by atoms with E-state index < -0.39 is 18.1 Å². The highest BCUT2D eigenvalue weighted by atomic mass is 16.3. The van der Waals surface area contributed by atoms with Crippen molar-refractivity contribution in [3.63, 3.8) is 0 Å². The molecule has 0 saturated heterocycles. The minimum absolute atomic E-state index is 0.234. The van der Waals surface area contributed by atoms with Crippen molar-refractivity contribution in [2.24, 2.45) is 0 Å². The first-order chi connectivity index (χ1) is 13.1. The monoisotopic (exact) mass is 372 g/mol. The van der Waals surface area contributed by atoms with Crippen molar-refractivity contribution in [1.82, 2.24) is 10.6 Å². The number of hydrogen-bond acceptors (Lipinski definition) is 3. The number of aliphatic hydroxyl groups excluding tert-OH is 1. The minimum atomic E-state index is -1.28. The molecule has 3 N–H and O–H groups in total. The molecule has 27 heavy (non-hydrogen) atoms. The molecule has 2 atom stereocenters. The van der Waals surface area contributed by atoms with Crippen molar-refractivity contribution in [3.8, 4) is 0 Å². The summed E-state index contributed by atoms with van der Waals surface area (Å²) in [4.78, 5) is 24.9. The fraction of sp³-hybridized carbons (Fsp3) is 0.545. The minimum Gasteiger partial charge on any atom is -0.381 e. The van der Waals surface area contributed by atoms with E-state index in [1.54, 1.807) is 6.92 Å². The number of fused-ring (bicyclic) bond motifs is 1. The number of carbonyl (C=O) groups excluding carboxylic acids is 2. The van der Waals surface area contributed by atoms with Gasteiger partial charge in [-0.3, -0.25) is 9.59 Å². The van der Waals surface area contributed by atoms with Crippen LogP contribution in [0.25, 0.3) is 0 Å². The molecule has 0 aromatic heterocycles. The summed E-state index contributed by atoms with van der Waals surface area (Å²) in [6.45, 7) is 2.24. The highest BCUT2D eigenvalue weighted by Crippen LogP contribution is 2.16. The number of rotatable bonds is 3. The Labute approximate surface area is 162 Å². The summed E-state index contributed by atoms with van der Waals surface area (Å²) in [7, 11) is 0. The molecule has 0 radical (unpaired) electrons. The van der Waals surface area contributed by atoms with Crippen molar-refractivity contribution in [3.05, 3.63) is 47.5 Å². The van der Waals surface area contributed by atoms with Gasteiger partial charge in [0, 0.05) is 12.1 Å². The van der Waals surface area contributed by atoms with Crippen molar-refractivity contribution in [1.29, 1.82) is 0 Å². The Morgan fingerprint density at radius 1 is 1.19 bits per heavy atom. The van der Waals surface area contributed by atoms with Crippen LogP contribution in [-0.2, 0) is 11.2 Å². The molecule has 148 valence electrons. The first kappa shape index (κ1) is 21.2. The van der Waals surface area contributed by atoms with Gasteiger partial charge in [0.05, 0.1) is 6.04 Å². The second kappa shape index (κ2) is 11.5. The SMILES string of the molecule is CCNC(=O)C(O)[C@@H]1C/C=C/CCCCCCCc2ccccc2C(=O)N1. The Kier molecular flexibility index (Phi) is 9.05. The number of carbonyl (C=O) groups is 2. The Hall–Kier alpha value is -2.14. The van der Waals surface area contributed by atoms with Crippen molar-refractivity contribution >= 4 is 11.8 Å². The van der Waals surface area contributed by atoms with Crippen molar-refractivity contribution in [2.75, 3.05) is 6.54 Å². The molecule has 0 spiro atoms. The van der Waals surface area contributed by atoms with Gasteiger partial charge in [0.2, 0.25) is 0 Å². The van der Waals surface area contributed by atoms with E-state index in [0.29, 0.717) is 18.5 Å². The van der Waals surface area contributed by atoms with Crippen LogP contribution < -0.4 is 10.6 Å². The van der Waals surface area contributed by atoms with Crippen LogP contribution >= 0.6 is 0 Å². The fourth-order valence-electron chi connectivity index (χ4n) is 3.40. The molecule has 0 fully saturated rings. The second-order valence-electron chi connectivity index (χ2n) is 7.09. The van der Waals surface area contributed by atoms with Crippen LogP contribution in [0.2, 0.25) is 0 Å². The average Bonchev–Trinajstić information content (AvgIpc) is 2.68. The molecule has 0 bridgehead atoms. The number of aryl methyl sites for hydroxylation is 1. The summed E-state index contributed by atoms with van der Waals surface area (Å²) in [6, 6.07) is 6.95. The van der Waals surface area contributed by atoms with Gasteiger partial charge in [-0.2, -0.15) is 0 Å². The predicted molar refractivity (Wildman–Crippen MR) is 108 cm³/mol. The van der Waals surface area contributed by atoms with Gasteiger partial charge < -0.3 is 15.7 Å². The van der Waals surface area contributed by atoms with Gasteiger partial charge in [-0.1, -0.05) is 49.6 Å². The van der Waals surface area contributed by atoms with Crippen LogP contribution in [0.15, 0.2) is 36.4 Å². The maximum Gasteiger partial charge on any atom is 0.251 e. The van der Waals surface area contributed by atoms with Crippen LogP contribution in [0.5, 0.6) is 0 Å². The highest BCUT2D eigenvalue weighted by molar-refractivity contribution is 5.96. The Bertz CT molecular complexity index is 642. The van der Waals surface area contributed by atoms with Gasteiger partial charge in [0.25, 0.3) is 11.8 Å². The number of aliphatic hydroxyl groups is 1. The molecular weight excluding hydrogens is 340 g/mol. The molecule has 1 unspecified atom stereocenters. The molecule has 1 aliphatic rings. The number of amides is 2. The molecule has 0 aliphatic carbocycles. The third kappa shape index (κ3) is 6.83. The first-order valence-corrected chi connectivity index (χ1v) is 10.1. The molecule has 0 saturated carbocycles. The molecule has 2 amide bonds. The lowest BCUT2D eigenvalue weighted by Crippen LogP contribution is -2.50. The predicted octanol–water partition coefficient (Wildman–Crippen LogP) is 3.13. The number of likely N-dealkylation sites (N-methyl/N-ethyl adjacent to an activating group) is 1. The maximum atomic E-state index is 12.9. The highest BCUT2D eigenvalue weighted by Gasteiger charge is 2.27. The first-order valence-electron chi connectivity index (χ1n) is 10.1. The zero-order valence-electron chi connectivity index (χ0n) is 16.2. The van der Waals surface area contributed by atoms with E-state index in [1.165, 1.54) is 12.8 Å². The van der Waals surface area contributed by atoms with E-state index in [1.807, 2.05) is 30.3 Å². The summed E-state index contributed by atoms with van der Waals surface area (Å²) >= 11 is 0. The van der Waals surface area contributed by atoms with Gasteiger partial charge in [0.1, 0.15) is 0 Å². The number of allylic oxidation sites excluding steroid dienone is 1. The maximum absolute atomic E-state index is 12.9. The van der Waals surface area contributed by atoms with Gasteiger partial charge in [0.15, 0.2) is 6.10 Å². The molecule has 1 aromatic rings. The van der Waals surface area contributed by atoms with Gasteiger partial charge >= 0.3 is 0 Å². The summed E-state index contributed by atoms with van der Waals surface area (Å²) in [5.74, 6) is -0.690. The van der Waals surface area contributed by atoms with E-state index >= 15 is 0 Å². The van der Waals surface area contributed by atoms with E-state index in [0.717, 1.165) is 37.7 Å². The van der Waals surface area contributed by atoms with Crippen molar-refractivity contribution < 1.29 is 14.7 Å². The zero-order chi connectivity index (χ0) is 19.5. The molecule has 1 aliphatic heterocycles. The van der Waals surface area contributed by atoms with Crippen LogP contribution in [0.3, 0.4) is 0 Å². The van der Waals surface area contributed by atoms with Gasteiger partial charge in [-0.15, -0.1) is 0 Å². The smallest absolute Gasteiger partial charge is 0.251 e. The number of hydrogen-bond donors (Lipinski definition) is 3. The molecule has 5 heteroatoms. The third-order valence-electron chi connectivity index (χ3n) is 4.95. The fourth-order valence-corrected chi connectivity index (χ4v) is 3.40. The Morgan fingerprint density at radius 2 is 1.93 bits per heavy atom.